The third-order valence-electron chi connectivity index (χ3n) is 6.57. The van der Waals surface area contributed by atoms with Gasteiger partial charge in [-0.3, -0.25) is 4.79 Å². The van der Waals surface area contributed by atoms with E-state index in [0.29, 0.717) is 17.4 Å². The molecule has 0 saturated carbocycles. The molecule has 2 unspecified atom stereocenters. The van der Waals surface area contributed by atoms with E-state index in [1.807, 2.05) is 21.1 Å². The normalized spacial score (nSPS) is 13.6. The van der Waals surface area contributed by atoms with E-state index in [1.54, 1.807) is 0 Å². The van der Waals surface area contributed by atoms with Crippen LogP contribution in [0.1, 0.15) is 136 Å². The Balaban J connectivity index is 3.61. The molecule has 0 saturated heterocycles. The molecule has 5 nitrogen and oxygen atoms in total. The average Bonchev–Trinajstić information content (AvgIpc) is 2.72. The lowest BCUT2D eigenvalue weighted by atomic mass is 9.96. The van der Waals surface area contributed by atoms with Crippen LogP contribution in [-0.4, -0.2) is 50.2 Å². The first-order valence-electron chi connectivity index (χ1n) is 14.3. The second-order valence-corrected chi connectivity index (χ2v) is 11.5. The molecule has 202 valence electrons. The molecular formula is C29H57NO4. The van der Waals surface area contributed by atoms with Gasteiger partial charge in [-0.2, -0.15) is 0 Å². The number of rotatable bonds is 24. The van der Waals surface area contributed by atoms with Crippen molar-refractivity contribution in [2.24, 2.45) is 5.92 Å². The summed E-state index contributed by atoms with van der Waals surface area (Å²) >= 11 is 0. The SMILES string of the molecule is CCCCCCCCCCCCC(C)CCCCCCCC(=O)OC(CC(=O)[O-])C[N+](C)(C)C. The van der Waals surface area contributed by atoms with Crippen molar-refractivity contribution in [3.05, 3.63) is 0 Å². The third kappa shape index (κ3) is 24.0. The number of unbranched alkanes of at least 4 members (excludes halogenated alkanes) is 13. The lowest BCUT2D eigenvalue weighted by Gasteiger charge is -2.29. The molecule has 0 spiro atoms. The quantitative estimate of drug-likeness (QED) is 0.0902. The monoisotopic (exact) mass is 483 g/mol. The molecule has 0 N–H and O–H groups in total. The molecule has 0 amide bonds. The molecule has 0 aliphatic rings. The van der Waals surface area contributed by atoms with Crippen LogP contribution in [0.25, 0.3) is 0 Å². The summed E-state index contributed by atoms with van der Waals surface area (Å²) in [4.78, 5) is 23.0. The van der Waals surface area contributed by atoms with Gasteiger partial charge in [-0.25, -0.2) is 0 Å². The number of likely N-dealkylation sites (N-methyl/N-ethyl adjacent to an activating group) is 1. The molecule has 0 heterocycles. The van der Waals surface area contributed by atoms with Gasteiger partial charge in [0.1, 0.15) is 6.54 Å². The number of ether oxygens (including phenoxy) is 1. The van der Waals surface area contributed by atoms with Crippen molar-refractivity contribution in [2.75, 3.05) is 27.7 Å². The Kier molecular flexibility index (Phi) is 20.5. The van der Waals surface area contributed by atoms with Crippen molar-refractivity contribution in [3.63, 3.8) is 0 Å². The summed E-state index contributed by atoms with van der Waals surface area (Å²) in [5.74, 6) is -0.635. The van der Waals surface area contributed by atoms with Gasteiger partial charge in [-0.1, -0.05) is 117 Å². The summed E-state index contributed by atoms with van der Waals surface area (Å²) < 4.78 is 5.95. The summed E-state index contributed by atoms with van der Waals surface area (Å²) in [6, 6.07) is 0. The molecule has 0 radical (unpaired) electrons. The zero-order valence-electron chi connectivity index (χ0n) is 23.4. The van der Waals surface area contributed by atoms with E-state index in [2.05, 4.69) is 13.8 Å². The number of hydrogen-bond donors (Lipinski definition) is 0. The summed E-state index contributed by atoms with van der Waals surface area (Å²) in [6.45, 7) is 5.14. The van der Waals surface area contributed by atoms with Crippen LogP contribution < -0.4 is 5.11 Å². The molecule has 0 fully saturated rings. The maximum Gasteiger partial charge on any atom is 0.306 e. The van der Waals surface area contributed by atoms with Crippen molar-refractivity contribution in [1.29, 1.82) is 0 Å². The minimum Gasteiger partial charge on any atom is -0.550 e. The molecule has 0 aromatic heterocycles. The first kappa shape index (κ1) is 32.9. The highest BCUT2D eigenvalue weighted by Gasteiger charge is 2.22. The maximum absolute atomic E-state index is 12.1. The Morgan fingerprint density at radius 1 is 0.735 bits per heavy atom. The van der Waals surface area contributed by atoms with Crippen LogP contribution in [0.3, 0.4) is 0 Å². The number of carbonyl (C=O) groups excluding carboxylic acids is 2. The standard InChI is InChI=1S/C29H57NO4/c1-6-7-8-9-10-11-12-13-15-18-21-26(2)22-19-16-14-17-20-23-29(33)34-27(24-28(31)32)25-30(3,4)5/h26-27H,6-25H2,1-5H3. The van der Waals surface area contributed by atoms with Crippen molar-refractivity contribution < 1.29 is 23.9 Å². The Morgan fingerprint density at radius 3 is 1.62 bits per heavy atom. The Morgan fingerprint density at radius 2 is 1.18 bits per heavy atom. The van der Waals surface area contributed by atoms with Crippen LogP contribution in [0, 0.1) is 5.92 Å². The van der Waals surface area contributed by atoms with Crippen molar-refractivity contribution in [1.82, 2.24) is 0 Å². The van der Waals surface area contributed by atoms with E-state index in [0.717, 1.165) is 25.2 Å². The van der Waals surface area contributed by atoms with Gasteiger partial charge in [-0.15, -0.1) is 0 Å². The molecule has 0 aliphatic heterocycles. The van der Waals surface area contributed by atoms with E-state index >= 15 is 0 Å². The second kappa shape index (κ2) is 21.2. The fraction of sp³-hybridized carbons (Fsp3) is 0.931. The number of quaternary nitrogens is 1. The maximum atomic E-state index is 12.1. The van der Waals surface area contributed by atoms with E-state index in [9.17, 15) is 14.7 Å². The predicted octanol–water partition coefficient (Wildman–Crippen LogP) is 6.42. The van der Waals surface area contributed by atoms with Crippen LogP contribution >= 0.6 is 0 Å². The number of aliphatic carboxylic acids is 1. The fourth-order valence-electron chi connectivity index (χ4n) is 4.60. The van der Waals surface area contributed by atoms with Gasteiger partial charge in [0.25, 0.3) is 0 Å². The van der Waals surface area contributed by atoms with Crippen LogP contribution in [0.2, 0.25) is 0 Å². The zero-order chi connectivity index (χ0) is 25.7. The average molecular weight is 484 g/mol. The van der Waals surface area contributed by atoms with Gasteiger partial charge >= 0.3 is 5.97 Å². The molecule has 34 heavy (non-hydrogen) atoms. The van der Waals surface area contributed by atoms with Crippen molar-refractivity contribution >= 4 is 11.9 Å². The van der Waals surface area contributed by atoms with Gasteiger partial charge in [-0.05, 0) is 12.3 Å². The van der Waals surface area contributed by atoms with Crippen LogP contribution in [-0.2, 0) is 14.3 Å². The molecule has 2 atom stereocenters. The number of carboxylic acid groups (broad SMARTS) is 1. The van der Waals surface area contributed by atoms with E-state index in [1.165, 1.54) is 89.9 Å². The van der Waals surface area contributed by atoms with Crippen molar-refractivity contribution in [2.45, 2.75) is 142 Å². The summed E-state index contributed by atoms with van der Waals surface area (Å²) in [5, 5.41) is 10.9. The Labute approximate surface area is 211 Å². The molecule has 0 bridgehead atoms. The number of esters is 1. The van der Waals surface area contributed by atoms with Gasteiger partial charge in [0, 0.05) is 18.8 Å². The first-order chi connectivity index (χ1) is 16.1. The number of hydrogen-bond acceptors (Lipinski definition) is 4. The lowest BCUT2D eigenvalue weighted by Crippen LogP contribution is -2.45. The fourth-order valence-corrected chi connectivity index (χ4v) is 4.60. The Bertz CT molecular complexity index is 501. The third-order valence-corrected chi connectivity index (χ3v) is 6.57. The molecular weight excluding hydrogens is 426 g/mol. The van der Waals surface area contributed by atoms with Crippen LogP contribution in [0.4, 0.5) is 0 Å². The van der Waals surface area contributed by atoms with E-state index < -0.39 is 12.1 Å². The van der Waals surface area contributed by atoms with Gasteiger partial charge in [0.15, 0.2) is 6.10 Å². The van der Waals surface area contributed by atoms with E-state index in [-0.39, 0.29) is 12.4 Å². The number of nitrogens with zero attached hydrogens (tertiary/aromatic N) is 1. The Hall–Kier alpha value is -1.10. The summed E-state index contributed by atoms with van der Waals surface area (Å²) in [6.07, 6.45) is 21.7. The summed E-state index contributed by atoms with van der Waals surface area (Å²) in [7, 11) is 5.86. The summed E-state index contributed by atoms with van der Waals surface area (Å²) in [5.41, 5.74) is 0. The minimum absolute atomic E-state index is 0.238. The van der Waals surface area contributed by atoms with Crippen LogP contribution in [0.5, 0.6) is 0 Å². The molecule has 0 aromatic rings. The van der Waals surface area contributed by atoms with Gasteiger partial charge in [0.05, 0.1) is 21.1 Å². The highest BCUT2D eigenvalue weighted by molar-refractivity contribution is 5.70. The van der Waals surface area contributed by atoms with Gasteiger partial charge in [0.2, 0.25) is 0 Å². The first-order valence-corrected chi connectivity index (χ1v) is 14.3. The molecule has 5 heteroatoms. The van der Waals surface area contributed by atoms with E-state index in [4.69, 9.17) is 4.74 Å². The largest absolute Gasteiger partial charge is 0.550 e. The highest BCUT2D eigenvalue weighted by Crippen LogP contribution is 2.19. The minimum atomic E-state index is -1.17. The van der Waals surface area contributed by atoms with Gasteiger partial charge < -0.3 is 19.1 Å². The molecule has 0 aromatic carbocycles. The zero-order valence-corrected chi connectivity index (χ0v) is 23.4. The smallest absolute Gasteiger partial charge is 0.306 e. The van der Waals surface area contributed by atoms with Crippen molar-refractivity contribution in [3.8, 4) is 0 Å². The van der Waals surface area contributed by atoms with Crippen LogP contribution in [0.15, 0.2) is 0 Å². The molecule has 0 aliphatic carbocycles. The number of carboxylic acids is 1. The molecule has 0 rings (SSSR count). The predicted molar refractivity (Wildman–Crippen MR) is 140 cm³/mol. The number of carbonyl (C=O) groups is 2. The second-order valence-electron chi connectivity index (χ2n) is 11.5. The topological polar surface area (TPSA) is 66.4 Å². The highest BCUT2D eigenvalue weighted by atomic mass is 16.5. The lowest BCUT2D eigenvalue weighted by molar-refractivity contribution is -0.873.